The number of hydrogen-bond donors (Lipinski definition) is 1. The van der Waals surface area contributed by atoms with Crippen molar-refractivity contribution in [1.29, 1.82) is 0 Å². The van der Waals surface area contributed by atoms with Crippen LogP contribution in [0.3, 0.4) is 0 Å². The zero-order valence-electron chi connectivity index (χ0n) is 10.4. The van der Waals surface area contributed by atoms with E-state index in [1.54, 1.807) is 31.6 Å². The Bertz CT molecular complexity index is 451. The summed E-state index contributed by atoms with van der Waals surface area (Å²) in [5.74, 6) is 1.15. The minimum absolute atomic E-state index is 0.139. The molecule has 1 N–H and O–H groups in total. The van der Waals surface area contributed by atoms with E-state index in [4.69, 9.17) is 4.74 Å². The van der Waals surface area contributed by atoms with Crippen molar-refractivity contribution in [1.82, 2.24) is 5.32 Å². The molecule has 1 unspecified atom stereocenters. The molecule has 0 fully saturated rings. The van der Waals surface area contributed by atoms with Crippen molar-refractivity contribution in [3.05, 3.63) is 28.2 Å². The molecule has 0 radical (unpaired) electrons. The average Bonchev–Trinajstić information content (AvgIpc) is 2.34. The molecule has 100 valence electrons. The standard InChI is InChI=1S/C12H16BrNO3S/c1-17-11-5-4-9(8-10(11)13)12(15)14-6-3-7-18(2)16/h4-5,8H,3,6-7H2,1-2H3,(H,14,15). The van der Waals surface area contributed by atoms with E-state index in [0.717, 1.165) is 4.47 Å². The first-order chi connectivity index (χ1) is 8.54. The molecular weight excluding hydrogens is 318 g/mol. The van der Waals surface area contributed by atoms with Gasteiger partial charge in [-0.2, -0.15) is 0 Å². The van der Waals surface area contributed by atoms with E-state index < -0.39 is 10.8 Å². The largest absolute Gasteiger partial charge is 0.496 e. The van der Waals surface area contributed by atoms with Crippen LogP contribution in [0.5, 0.6) is 5.75 Å². The summed E-state index contributed by atoms with van der Waals surface area (Å²) in [4.78, 5) is 11.8. The van der Waals surface area contributed by atoms with Crippen LogP contribution in [-0.2, 0) is 10.8 Å². The highest BCUT2D eigenvalue weighted by Gasteiger charge is 2.08. The van der Waals surface area contributed by atoms with Crippen molar-refractivity contribution in [2.24, 2.45) is 0 Å². The molecule has 0 aliphatic rings. The van der Waals surface area contributed by atoms with Gasteiger partial charge in [0.1, 0.15) is 5.75 Å². The van der Waals surface area contributed by atoms with Gasteiger partial charge in [-0.25, -0.2) is 0 Å². The summed E-state index contributed by atoms with van der Waals surface area (Å²) >= 11 is 3.33. The molecule has 0 aliphatic heterocycles. The molecule has 1 rings (SSSR count). The first-order valence-electron chi connectivity index (χ1n) is 5.46. The maximum atomic E-state index is 11.8. The summed E-state index contributed by atoms with van der Waals surface area (Å²) in [5.41, 5.74) is 0.570. The van der Waals surface area contributed by atoms with E-state index in [2.05, 4.69) is 21.2 Å². The Hall–Kier alpha value is -0.880. The van der Waals surface area contributed by atoms with Gasteiger partial charge in [0.05, 0.1) is 11.6 Å². The van der Waals surface area contributed by atoms with Crippen LogP contribution in [0.4, 0.5) is 0 Å². The summed E-state index contributed by atoms with van der Waals surface area (Å²) in [6.45, 7) is 0.530. The Kier molecular flexibility index (Phi) is 6.35. The molecule has 0 bridgehead atoms. The Morgan fingerprint density at radius 1 is 1.50 bits per heavy atom. The average molecular weight is 334 g/mol. The zero-order chi connectivity index (χ0) is 13.5. The maximum absolute atomic E-state index is 11.8. The molecule has 0 aliphatic carbocycles. The number of halogens is 1. The van der Waals surface area contributed by atoms with E-state index in [9.17, 15) is 9.00 Å². The van der Waals surface area contributed by atoms with Crippen LogP contribution < -0.4 is 10.1 Å². The first kappa shape index (κ1) is 15.2. The van der Waals surface area contributed by atoms with Gasteiger partial charge in [0, 0.05) is 34.9 Å². The summed E-state index contributed by atoms with van der Waals surface area (Å²) in [5, 5.41) is 2.78. The second kappa shape index (κ2) is 7.53. The van der Waals surface area contributed by atoms with Crippen molar-refractivity contribution >= 4 is 32.6 Å². The summed E-state index contributed by atoms with van der Waals surface area (Å²) < 4.78 is 16.7. The lowest BCUT2D eigenvalue weighted by molar-refractivity contribution is 0.0953. The van der Waals surface area contributed by atoms with Crippen molar-refractivity contribution in [3.8, 4) is 5.75 Å². The van der Waals surface area contributed by atoms with Crippen molar-refractivity contribution in [3.63, 3.8) is 0 Å². The predicted molar refractivity (Wildman–Crippen MR) is 76.6 cm³/mol. The number of rotatable bonds is 6. The number of carbonyl (C=O) groups excluding carboxylic acids is 1. The SMILES string of the molecule is COc1ccc(C(=O)NCCCS(C)=O)cc1Br. The number of nitrogens with one attached hydrogen (secondary N) is 1. The molecule has 0 saturated carbocycles. The van der Waals surface area contributed by atoms with Crippen LogP contribution in [0.1, 0.15) is 16.8 Å². The quantitative estimate of drug-likeness (QED) is 0.809. The minimum Gasteiger partial charge on any atom is -0.496 e. The van der Waals surface area contributed by atoms with E-state index in [0.29, 0.717) is 30.0 Å². The van der Waals surface area contributed by atoms with Gasteiger partial charge in [0.2, 0.25) is 0 Å². The molecule has 0 spiro atoms. The number of amides is 1. The van der Waals surface area contributed by atoms with E-state index in [1.165, 1.54) is 0 Å². The number of methoxy groups -OCH3 is 1. The maximum Gasteiger partial charge on any atom is 0.251 e. The molecule has 1 atom stereocenters. The van der Waals surface area contributed by atoms with Crippen LogP contribution in [0, 0.1) is 0 Å². The van der Waals surface area contributed by atoms with E-state index in [-0.39, 0.29) is 5.91 Å². The van der Waals surface area contributed by atoms with Crippen LogP contribution in [0.15, 0.2) is 22.7 Å². The molecule has 0 heterocycles. The number of hydrogen-bond acceptors (Lipinski definition) is 3. The summed E-state index contributed by atoms with van der Waals surface area (Å²) in [7, 11) is 0.766. The summed E-state index contributed by atoms with van der Waals surface area (Å²) in [6, 6.07) is 5.16. The van der Waals surface area contributed by atoms with Gasteiger partial charge in [0.25, 0.3) is 5.91 Å². The fourth-order valence-electron chi connectivity index (χ4n) is 1.39. The van der Waals surface area contributed by atoms with Crippen molar-refractivity contribution in [2.75, 3.05) is 25.7 Å². The van der Waals surface area contributed by atoms with Crippen LogP contribution >= 0.6 is 15.9 Å². The van der Waals surface area contributed by atoms with Gasteiger partial charge in [-0.1, -0.05) is 0 Å². The third kappa shape index (κ3) is 4.78. The molecule has 0 aromatic heterocycles. The predicted octanol–water partition coefficient (Wildman–Crippen LogP) is 1.96. The zero-order valence-corrected chi connectivity index (χ0v) is 12.8. The molecule has 1 aromatic carbocycles. The Morgan fingerprint density at radius 2 is 2.22 bits per heavy atom. The van der Waals surface area contributed by atoms with Crippen LogP contribution in [0.25, 0.3) is 0 Å². The number of carbonyl (C=O) groups is 1. The Balaban J connectivity index is 2.51. The van der Waals surface area contributed by atoms with E-state index in [1.807, 2.05) is 0 Å². The molecular formula is C12H16BrNO3S. The fraction of sp³-hybridized carbons (Fsp3) is 0.417. The highest BCUT2D eigenvalue weighted by Crippen LogP contribution is 2.25. The van der Waals surface area contributed by atoms with Crippen LogP contribution in [-0.4, -0.2) is 35.8 Å². The third-order valence-electron chi connectivity index (χ3n) is 2.31. The van der Waals surface area contributed by atoms with Gasteiger partial charge in [0.15, 0.2) is 0 Å². The second-order valence-electron chi connectivity index (χ2n) is 3.74. The van der Waals surface area contributed by atoms with Gasteiger partial charge in [-0.05, 0) is 40.5 Å². The van der Waals surface area contributed by atoms with Crippen molar-refractivity contribution < 1.29 is 13.7 Å². The molecule has 1 aromatic rings. The Labute approximate surface area is 118 Å². The summed E-state index contributed by atoms with van der Waals surface area (Å²) in [6.07, 6.45) is 2.37. The Morgan fingerprint density at radius 3 is 2.78 bits per heavy atom. The highest BCUT2D eigenvalue weighted by atomic mass is 79.9. The van der Waals surface area contributed by atoms with Gasteiger partial charge in [-0.15, -0.1) is 0 Å². The lowest BCUT2D eigenvalue weighted by Gasteiger charge is -2.07. The van der Waals surface area contributed by atoms with Gasteiger partial charge >= 0.3 is 0 Å². The molecule has 0 saturated heterocycles. The molecule has 1 amide bonds. The van der Waals surface area contributed by atoms with E-state index >= 15 is 0 Å². The fourth-order valence-corrected chi connectivity index (χ4v) is 2.48. The first-order valence-corrected chi connectivity index (χ1v) is 7.98. The topological polar surface area (TPSA) is 55.4 Å². The van der Waals surface area contributed by atoms with Crippen LogP contribution in [0.2, 0.25) is 0 Å². The molecule has 6 heteroatoms. The molecule has 4 nitrogen and oxygen atoms in total. The monoisotopic (exact) mass is 333 g/mol. The highest BCUT2D eigenvalue weighted by molar-refractivity contribution is 9.10. The molecule has 18 heavy (non-hydrogen) atoms. The van der Waals surface area contributed by atoms with Gasteiger partial charge < -0.3 is 10.1 Å². The number of ether oxygens (including phenoxy) is 1. The normalized spacial score (nSPS) is 11.9. The smallest absolute Gasteiger partial charge is 0.251 e. The van der Waals surface area contributed by atoms with Gasteiger partial charge in [-0.3, -0.25) is 9.00 Å². The lowest BCUT2D eigenvalue weighted by Crippen LogP contribution is -2.25. The van der Waals surface area contributed by atoms with Crippen molar-refractivity contribution in [2.45, 2.75) is 6.42 Å². The lowest BCUT2D eigenvalue weighted by atomic mass is 10.2. The minimum atomic E-state index is -0.808. The second-order valence-corrected chi connectivity index (χ2v) is 6.15. The third-order valence-corrected chi connectivity index (χ3v) is 3.79. The number of benzene rings is 1.